The van der Waals surface area contributed by atoms with Crippen molar-refractivity contribution in [3.63, 3.8) is 0 Å². The van der Waals surface area contributed by atoms with Crippen molar-refractivity contribution >= 4 is 21.9 Å². The predicted molar refractivity (Wildman–Crippen MR) is 84.5 cm³/mol. The molecule has 0 aromatic heterocycles. The summed E-state index contributed by atoms with van der Waals surface area (Å²) in [6.07, 6.45) is 0.662. The summed E-state index contributed by atoms with van der Waals surface area (Å²) in [4.78, 5) is 23.0. The zero-order valence-electron chi connectivity index (χ0n) is 13.9. The molecular weight excluding hydrogens is 324 g/mol. The topological polar surface area (TPSA) is 113 Å². The van der Waals surface area contributed by atoms with Gasteiger partial charge in [0.05, 0.1) is 11.4 Å². The minimum absolute atomic E-state index is 0.0524. The van der Waals surface area contributed by atoms with Crippen LogP contribution in [0.3, 0.4) is 0 Å². The molecule has 0 spiro atoms. The van der Waals surface area contributed by atoms with Crippen LogP contribution in [0.5, 0.6) is 0 Å². The number of rotatable bonds is 8. The molecule has 2 N–H and O–H groups in total. The van der Waals surface area contributed by atoms with Gasteiger partial charge >= 0.3 is 5.97 Å². The minimum atomic E-state index is -3.24. The van der Waals surface area contributed by atoms with Gasteiger partial charge in [-0.25, -0.2) is 17.5 Å². The molecule has 134 valence electrons. The lowest BCUT2D eigenvalue weighted by Crippen LogP contribution is -2.43. The zero-order chi connectivity index (χ0) is 17.7. The lowest BCUT2D eigenvalue weighted by molar-refractivity contribution is -0.142. The van der Waals surface area contributed by atoms with E-state index in [1.165, 1.54) is 4.31 Å². The Balaban J connectivity index is 2.40. The summed E-state index contributed by atoms with van der Waals surface area (Å²) >= 11 is 0. The van der Waals surface area contributed by atoms with Gasteiger partial charge in [-0.05, 0) is 27.2 Å². The summed E-state index contributed by atoms with van der Waals surface area (Å²) in [6.45, 7) is 6.28. The summed E-state index contributed by atoms with van der Waals surface area (Å²) in [6, 6.07) is -1.04. The van der Waals surface area contributed by atoms with Gasteiger partial charge in [-0.15, -0.1) is 0 Å². The van der Waals surface area contributed by atoms with Crippen LogP contribution in [0, 0.1) is 0 Å². The molecular formula is C14H26N2O6S. The molecule has 0 aromatic rings. The van der Waals surface area contributed by atoms with E-state index < -0.39 is 27.9 Å². The highest BCUT2D eigenvalue weighted by molar-refractivity contribution is 7.89. The molecule has 0 saturated carbocycles. The lowest BCUT2D eigenvalue weighted by Gasteiger charge is -2.21. The monoisotopic (exact) mass is 350 g/mol. The van der Waals surface area contributed by atoms with Gasteiger partial charge in [0, 0.05) is 32.5 Å². The second-order valence-corrected chi connectivity index (χ2v) is 8.61. The van der Waals surface area contributed by atoms with Gasteiger partial charge in [0.2, 0.25) is 15.9 Å². The number of carboxylic acids is 1. The van der Waals surface area contributed by atoms with E-state index >= 15 is 0 Å². The maximum absolute atomic E-state index is 11.8. The Morgan fingerprint density at radius 1 is 1.35 bits per heavy atom. The summed E-state index contributed by atoms with van der Waals surface area (Å²) in [5.41, 5.74) is -0.378. The van der Waals surface area contributed by atoms with Gasteiger partial charge in [0.15, 0.2) is 0 Å². The Labute approximate surface area is 137 Å². The Bertz CT molecular complexity index is 526. The number of amides is 1. The van der Waals surface area contributed by atoms with E-state index in [1.807, 2.05) is 20.8 Å². The first-order chi connectivity index (χ1) is 10.5. The fourth-order valence-corrected chi connectivity index (χ4v) is 3.70. The molecule has 1 fully saturated rings. The van der Waals surface area contributed by atoms with Gasteiger partial charge < -0.3 is 15.2 Å². The standard InChI is InChI=1S/C14H26N2O6S/c1-14(2,3)22-9-6-11(13(18)19)15-12(17)5-8-16-7-4-10-23(16,20)21/h11H,4-10H2,1-3H3,(H,15,17)(H,18,19). The highest BCUT2D eigenvalue weighted by Gasteiger charge is 2.29. The van der Waals surface area contributed by atoms with Crippen LogP contribution in [0.2, 0.25) is 0 Å². The molecule has 0 aromatic carbocycles. The highest BCUT2D eigenvalue weighted by Crippen LogP contribution is 2.13. The molecule has 8 nitrogen and oxygen atoms in total. The van der Waals surface area contributed by atoms with E-state index in [0.717, 1.165) is 0 Å². The highest BCUT2D eigenvalue weighted by atomic mass is 32.2. The van der Waals surface area contributed by atoms with Gasteiger partial charge in [0.1, 0.15) is 6.04 Å². The zero-order valence-corrected chi connectivity index (χ0v) is 14.7. The largest absolute Gasteiger partial charge is 0.480 e. The number of ether oxygens (including phenoxy) is 1. The first-order valence-electron chi connectivity index (χ1n) is 7.65. The Kier molecular flexibility index (Phi) is 6.97. The number of aliphatic carboxylic acids is 1. The van der Waals surface area contributed by atoms with Crippen LogP contribution in [0.25, 0.3) is 0 Å². The lowest BCUT2D eigenvalue weighted by atomic mass is 10.1. The minimum Gasteiger partial charge on any atom is -0.480 e. The molecule has 0 aliphatic carbocycles. The molecule has 1 atom stereocenters. The molecule has 1 rings (SSSR count). The van der Waals surface area contributed by atoms with E-state index in [4.69, 9.17) is 9.84 Å². The van der Waals surface area contributed by atoms with Gasteiger partial charge in [0.25, 0.3) is 0 Å². The maximum atomic E-state index is 11.8. The van der Waals surface area contributed by atoms with E-state index in [-0.39, 0.29) is 37.3 Å². The average molecular weight is 350 g/mol. The summed E-state index contributed by atoms with van der Waals surface area (Å²) in [5.74, 6) is -1.50. The van der Waals surface area contributed by atoms with Gasteiger partial charge in [-0.2, -0.15) is 0 Å². The molecule has 0 radical (unpaired) electrons. The van der Waals surface area contributed by atoms with Crippen molar-refractivity contribution in [1.29, 1.82) is 0 Å². The van der Waals surface area contributed by atoms with Gasteiger partial charge in [-0.3, -0.25) is 4.79 Å². The Hall–Kier alpha value is -1.19. The Morgan fingerprint density at radius 2 is 2.00 bits per heavy atom. The smallest absolute Gasteiger partial charge is 0.326 e. The van der Waals surface area contributed by atoms with E-state index in [9.17, 15) is 18.0 Å². The maximum Gasteiger partial charge on any atom is 0.326 e. The molecule has 0 bridgehead atoms. The number of carbonyl (C=O) groups excluding carboxylic acids is 1. The molecule has 23 heavy (non-hydrogen) atoms. The van der Waals surface area contributed by atoms with Crippen LogP contribution >= 0.6 is 0 Å². The van der Waals surface area contributed by atoms with Crippen molar-refractivity contribution in [1.82, 2.24) is 9.62 Å². The van der Waals surface area contributed by atoms with Crippen LogP contribution < -0.4 is 5.32 Å². The van der Waals surface area contributed by atoms with Crippen molar-refractivity contribution < 1.29 is 27.9 Å². The molecule has 1 saturated heterocycles. The number of nitrogens with zero attached hydrogens (tertiary/aromatic N) is 1. The second kappa shape index (κ2) is 8.07. The molecule has 1 aliphatic rings. The Morgan fingerprint density at radius 3 is 2.48 bits per heavy atom. The van der Waals surface area contributed by atoms with Crippen molar-refractivity contribution in [3.05, 3.63) is 0 Å². The predicted octanol–water partition coefficient (Wildman–Crippen LogP) is 0.187. The van der Waals surface area contributed by atoms with Crippen LogP contribution in [0.1, 0.15) is 40.0 Å². The molecule has 9 heteroatoms. The first-order valence-corrected chi connectivity index (χ1v) is 9.26. The number of hydrogen-bond donors (Lipinski definition) is 2. The third-order valence-electron chi connectivity index (χ3n) is 3.37. The van der Waals surface area contributed by atoms with E-state index in [2.05, 4.69) is 5.32 Å². The second-order valence-electron chi connectivity index (χ2n) is 6.53. The fourth-order valence-electron chi connectivity index (χ4n) is 2.18. The van der Waals surface area contributed by atoms with Crippen molar-refractivity contribution in [2.24, 2.45) is 0 Å². The van der Waals surface area contributed by atoms with Crippen molar-refractivity contribution in [2.75, 3.05) is 25.4 Å². The SMILES string of the molecule is CC(C)(C)OCCC(NC(=O)CCN1CCCS1(=O)=O)C(=O)O. The number of carbonyl (C=O) groups is 2. The van der Waals surface area contributed by atoms with Gasteiger partial charge in [-0.1, -0.05) is 0 Å². The fraction of sp³-hybridized carbons (Fsp3) is 0.857. The third-order valence-corrected chi connectivity index (χ3v) is 5.32. The van der Waals surface area contributed by atoms with Crippen molar-refractivity contribution in [2.45, 2.75) is 51.7 Å². The summed E-state index contributed by atoms with van der Waals surface area (Å²) in [7, 11) is -3.24. The molecule has 1 aliphatic heterocycles. The average Bonchev–Trinajstić information content (AvgIpc) is 2.72. The van der Waals surface area contributed by atoms with E-state index in [0.29, 0.717) is 13.0 Å². The van der Waals surface area contributed by atoms with Crippen molar-refractivity contribution in [3.8, 4) is 0 Å². The summed E-state index contributed by atoms with van der Waals surface area (Å²) in [5, 5.41) is 11.6. The molecule has 1 heterocycles. The third kappa shape index (κ3) is 7.28. The van der Waals surface area contributed by atoms with E-state index in [1.54, 1.807) is 0 Å². The number of sulfonamides is 1. The molecule has 1 amide bonds. The summed E-state index contributed by atoms with van der Waals surface area (Å²) < 4.78 is 30.0. The number of hydrogen-bond acceptors (Lipinski definition) is 5. The van der Waals surface area contributed by atoms with Crippen LogP contribution in [-0.4, -0.2) is 66.8 Å². The molecule has 1 unspecified atom stereocenters. The normalized spacial score (nSPS) is 19.4. The number of nitrogens with one attached hydrogen (secondary N) is 1. The van der Waals surface area contributed by atoms with Crippen LogP contribution in [-0.2, 0) is 24.3 Å². The first kappa shape index (κ1) is 19.9. The van der Waals surface area contributed by atoms with Crippen LogP contribution in [0.4, 0.5) is 0 Å². The van der Waals surface area contributed by atoms with Crippen LogP contribution in [0.15, 0.2) is 0 Å². The number of carboxylic acid groups (broad SMARTS) is 1. The quantitative estimate of drug-likeness (QED) is 0.646.